The lowest BCUT2D eigenvalue weighted by atomic mass is 9.92. The highest BCUT2D eigenvalue weighted by atomic mass is 16.5. The summed E-state index contributed by atoms with van der Waals surface area (Å²) >= 11 is 0. The highest BCUT2D eigenvalue weighted by Crippen LogP contribution is 2.36. The van der Waals surface area contributed by atoms with Crippen molar-refractivity contribution >= 4 is 11.8 Å². The molecule has 8 heteroatoms. The van der Waals surface area contributed by atoms with Gasteiger partial charge in [0.25, 0.3) is 5.91 Å². The summed E-state index contributed by atoms with van der Waals surface area (Å²) in [5.41, 5.74) is 1.49. The van der Waals surface area contributed by atoms with Crippen LogP contribution in [-0.4, -0.2) is 50.7 Å². The molecule has 2 aliphatic rings. The first-order valence-corrected chi connectivity index (χ1v) is 8.24. The third kappa shape index (κ3) is 2.99. The predicted molar refractivity (Wildman–Crippen MR) is 83.8 cm³/mol. The van der Waals surface area contributed by atoms with Gasteiger partial charge in [0.2, 0.25) is 5.91 Å². The van der Waals surface area contributed by atoms with Crippen LogP contribution in [0.5, 0.6) is 0 Å². The van der Waals surface area contributed by atoms with E-state index in [1.54, 1.807) is 23.9 Å². The minimum absolute atomic E-state index is 0.164. The van der Waals surface area contributed by atoms with Crippen molar-refractivity contribution in [1.29, 1.82) is 0 Å². The van der Waals surface area contributed by atoms with Crippen LogP contribution in [0, 0.1) is 5.92 Å². The lowest BCUT2D eigenvalue weighted by Crippen LogP contribution is -2.44. The maximum Gasteiger partial charge on any atom is 0.253 e. The van der Waals surface area contributed by atoms with Gasteiger partial charge in [-0.15, -0.1) is 5.10 Å². The fourth-order valence-corrected chi connectivity index (χ4v) is 3.38. The summed E-state index contributed by atoms with van der Waals surface area (Å²) < 4.78 is 7.72. The number of hydrogen-bond donors (Lipinski definition) is 2. The summed E-state index contributed by atoms with van der Waals surface area (Å²) in [6, 6.07) is -0.178. The molecule has 0 radical (unpaired) electrons. The number of aromatic nitrogens is 3. The SMILES string of the molecule is CCCc1cnnn1C1CC(C2C=C(C)C(=O)NC2=O)OC1CO. The molecule has 130 valence electrons. The Kier molecular flexibility index (Phi) is 4.77. The summed E-state index contributed by atoms with van der Waals surface area (Å²) in [6.07, 6.45) is 4.84. The fraction of sp³-hybridized carbons (Fsp3) is 0.625. The van der Waals surface area contributed by atoms with Gasteiger partial charge in [-0.05, 0) is 19.8 Å². The zero-order valence-corrected chi connectivity index (χ0v) is 13.8. The van der Waals surface area contributed by atoms with Gasteiger partial charge in [-0.1, -0.05) is 24.6 Å². The molecule has 2 N–H and O–H groups in total. The highest BCUT2D eigenvalue weighted by molar-refractivity contribution is 6.08. The Balaban J connectivity index is 1.83. The molecule has 2 amide bonds. The number of carbonyl (C=O) groups excluding carboxylic acids is 2. The zero-order valence-electron chi connectivity index (χ0n) is 13.8. The van der Waals surface area contributed by atoms with E-state index in [1.165, 1.54) is 0 Å². The molecule has 0 spiro atoms. The van der Waals surface area contributed by atoms with Gasteiger partial charge in [0.05, 0.1) is 36.6 Å². The van der Waals surface area contributed by atoms with E-state index in [9.17, 15) is 14.7 Å². The number of hydrogen-bond acceptors (Lipinski definition) is 6. The first-order valence-electron chi connectivity index (χ1n) is 8.24. The third-order valence-corrected chi connectivity index (χ3v) is 4.63. The zero-order chi connectivity index (χ0) is 17.3. The van der Waals surface area contributed by atoms with Crippen molar-refractivity contribution in [1.82, 2.24) is 20.3 Å². The number of nitrogens with zero attached hydrogens (tertiary/aromatic N) is 3. The molecule has 0 bridgehead atoms. The highest BCUT2D eigenvalue weighted by Gasteiger charge is 2.44. The van der Waals surface area contributed by atoms with Crippen molar-refractivity contribution in [3.63, 3.8) is 0 Å². The largest absolute Gasteiger partial charge is 0.394 e. The quantitative estimate of drug-likeness (QED) is 0.742. The Morgan fingerprint density at radius 2 is 2.25 bits per heavy atom. The van der Waals surface area contributed by atoms with Crippen molar-refractivity contribution in [3.8, 4) is 0 Å². The third-order valence-electron chi connectivity index (χ3n) is 4.63. The monoisotopic (exact) mass is 334 g/mol. The van der Waals surface area contributed by atoms with Crippen LogP contribution in [0.25, 0.3) is 0 Å². The second kappa shape index (κ2) is 6.82. The average molecular weight is 334 g/mol. The number of carbonyl (C=O) groups is 2. The topological polar surface area (TPSA) is 106 Å². The van der Waals surface area contributed by atoms with Crippen LogP contribution < -0.4 is 5.32 Å². The van der Waals surface area contributed by atoms with Crippen LogP contribution in [-0.2, 0) is 20.7 Å². The number of amides is 2. The summed E-state index contributed by atoms with van der Waals surface area (Å²) in [6.45, 7) is 3.58. The summed E-state index contributed by atoms with van der Waals surface area (Å²) in [4.78, 5) is 23.7. The molecule has 8 nitrogen and oxygen atoms in total. The van der Waals surface area contributed by atoms with Crippen LogP contribution in [0.3, 0.4) is 0 Å². The van der Waals surface area contributed by atoms with Crippen molar-refractivity contribution in [2.75, 3.05) is 6.61 Å². The molecule has 0 saturated carbocycles. The van der Waals surface area contributed by atoms with E-state index in [1.807, 2.05) is 0 Å². The Hall–Kier alpha value is -2.06. The molecule has 2 aliphatic heterocycles. The van der Waals surface area contributed by atoms with E-state index >= 15 is 0 Å². The number of rotatable bonds is 5. The summed E-state index contributed by atoms with van der Waals surface area (Å²) in [5, 5.41) is 20.1. The van der Waals surface area contributed by atoms with Crippen LogP contribution in [0.15, 0.2) is 17.8 Å². The van der Waals surface area contributed by atoms with Gasteiger partial charge in [-0.2, -0.15) is 0 Å². The van der Waals surface area contributed by atoms with Gasteiger partial charge in [-0.25, -0.2) is 4.68 Å². The molecule has 4 atom stereocenters. The second-order valence-corrected chi connectivity index (χ2v) is 6.31. The Labute approximate surface area is 139 Å². The van der Waals surface area contributed by atoms with E-state index in [0.29, 0.717) is 12.0 Å². The maximum atomic E-state index is 12.1. The normalized spacial score (nSPS) is 30.4. The van der Waals surface area contributed by atoms with Crippen molar-refractivity contribution in [2.24, 2.45) is 5.92 Å². The lowest BCUT2D eigenvalue weighted by Gasteiger charge is -2.23. The van der Waals surface area contributed by atoms with Crippen molar-refractivity contribution in [3.05, 3.63) is 23.5 Å². The van der Waals surface area contributed by atoms with Crippen LogP contribution >= 0.6 is 0 Å². The van der Waals surface area contributed by atoms with Crippen LogP contribution in [0.1, 0.15) is 38.4 Å². The molecule has 4 unspecified atom stereocenters. The summed E-state index contributed by atoms with van der Waals surface area (Å²) in [5.74, 6) is -1.27. The number of imide groups is 1. The number of aliphatic hydroxyl groups is 1. The number of nitrogens with one attached hydrogen (secondary N) is 1. The first kappa shape index (κ1) is 16.8. The molecule has 1 fully saturated rings. The Morgan fingerprint density at radius 1 is 1.46 bits per heavy atom. The minimum atomic E-state index is -0.542. The van der Waals surface area contributed by atoms with Crippen LogP contribution in [0.4, 0.5) is 0 Å². The molecular weight excluding hydrogens is 312 g/mol. The van der Waals surface area contributed by atoms with Crippen LogP contribution in [0.2, 0.25) is 0 Å². The first-order chi connectivity index (χ1) is 11.5. The number of aliphatic hydroxyl groups excluding tert-OH is 1. The predicted octanol–water partition coefficient (Wildman–Crippen LogP) is 0.140. The average Bonchev–Trinajstić information content (AvgIpc) is 3.17. The van der Waals surface area contributed by atoms with Gasteiger partial charge in [-0.3, -0.25) is 14.9 Å². The van der Waals surface area contributed by atoms with Gasteiger partial charge in [0, 0.05) is 5.57 Å². The fourth-order valence-electron chi connectivity index (χ4n) is 3.38. The lowest BCUT2D eigenvalue weighted by molar-refractivity contribution is -0.134. The van der Waals surface area contributed by atoms with Crippen molar-refractivity contribution in [2.45, 2.75) is 51.4 Å². The molecule has 24 heavy (non-hydrogen) atoms. The summed E-state index contributed by atoms with van der Waals surface area (Å²) in [7, 11) is 0. The molecular formula is C16H22N4O4. The molecule has 0 aromatic carbocycles. The molecule has 3 rings (SSSR count). The second-order valence-electron chi connectivity index (χ2n) is 6.31. The number of ether oxygens (including phenoxy) is 1. The molecule has 0 aliphatic carbocycles. The van der Waals surface area contributed by atoms with Gasteiger partial charge in [0.15, 0.2) is 0 Å². The number of aryl methyl sites for hydroxylation is 1. The van der Waals surface area contributed by atoms with Crippen molar-refractivity contribution < 1.29 is 19.4 Å². The van der Waals surface area contributed by atoms with E-state index in [4.69, 9.17) is 4.74 Å². The van der Waals surface area contributed by atoms with E-state index in [-0.39, 0.29) is 24.5 Å². The maximum absolute atomic E-state index is 12.1. The van der Waals surface area contributed by atoms with E-state index in [2.05, 4.69) is 22.6 Å². The minimum Gasteiger partial charge on any atom is -0.394 e. The molecule has 3 heterocycles. The Morgan fingerprint density at radius 3 is 2.96 bits per heavy atom. The van der Waals surface area contributed by atoms with E-state index in [0.717, 1.165) is 18.5 Å². The molecule has 1 aromatic heterocycles. The van der Waals surface area contributed by atoms with Gasteiger partial charge >= 0.3 is 0 Å². The molecule has 1 aromatic rings. The van der Waals surface area contributed by atoms with Gasteiger partial charge in [0.1, 0.15) is 6.10 Å². The van der Waals surface area contributed by atoms with E-state index < -0.39 is 18.1 Å². The Bertz CT molecular complexity index is 669. The smallest absolute Gasteiger partial charge is 0.253 e. The standard InChI is InChI=1S/C16H22N4O4/c1-3-4-10-7-17-19-20(10)12-6-13(24-14(12)8-21)11-5-9(2)15(22)18-16(11)23/h5,7,11-14,21H,3-4,6,8H2,1-2H3,(H,18,22,23). The molecule has 1 saturated heterocycles. The van der Waals surface area contributed by atoms with Gasteiger partial charge < -0.3 is 9.84 Å².